The highest BCUT2D eigenvalue weighted by molar-refractivity contribution is 6.30. The number of aromatic nitrogens is 2. The fourth-order valence-corrected chi connectivity index (χ4v) is 1.73. The molecule has 1 aromatic carbocycles. The van der Waals surface area contributed by atoms with Crippen LogP contribution in [0.5, 0.6) is 5.75 Å². The van der Waals surface area contributed by atoms with Crippen molar-refractivity contribution < 1.29 is 9.94 Å². The Morgan fingerprint density at radius 2 is 2.19 bits per heavy atom. The monoisotopic (exact) mass is 308 g/mol. The van der Waals surface area contributed by atoms with Gasteiger partial charge in [0.05, 0.1) is 5.69 Å². The van der Waals surface area contributed by atoms with E-state index in [2.05, 4.69) is 15.0 Å². The molecule has 1 atom stereocenters. The number of hydrogen-bond donors (Lipinski definition) is 3. The molecule has 1 heterocycles. The highest BCUT2D eigenvalue weighted by Gasteiger charge is 2.11. The summed E-state index contributed by atoms with van der Waals surface area (Å²) in [6.07, 6.45) is 0.539. The van der Waals surface area contributed by atoms with E-state index in [1.54, 1.807) is 36.7 Å². The van der Waals surface area contributed by atoms with Crippen molar-refractivity contribution in [2.75, 3.05) is 0 Å². The van der Waals surface area contributed by atoms with E-state index in [1.165, 1.54) is 6.07 Å². The van der Waals surface area contributed by atoms with Gasteiger partial charge in [0.25, 0.3) is 5.56 Å². The maximum absolute atomic E-state index is 11.6. The molecule has 0 saturated carbocycles. The first kappa shape index (κ1) is 15.0. The smallest absolute Gasteiger partial charge is 0.252 e. The van der Waals surface area contributed by atoms with E-state index >= 15 is 0 Å². The van der Waals surface area contributed by atoms with Crippen molar-refractivity contribution in [3.05, 3.63) is 51.4 Å². The first-order valence-electron chi connectivity index (χ1n) is 6.04. The lowest BCUT2D eigenvalue weighted by molar-refractivity contribution is 0.221. The number of aromatic amines is 1. The second-order valence-corrected chi connectivity index (χ2v) is 4.53. The van der Waals surface area contributed by atoms with Gasteiger partial charge < -0.3 is 4.74 Å². The van der Waals surface area contributed by atoms with Gasteiger partial charge in [0, 0.05) is 11.1 Å². The van der Waals surface area contributed by atoms with Crippen molar-refractivity contribution in [2.24, 2.45) is 4.99 Å². The minimum Gasteiger partial charge on any atom is -0.484 e. The number of hydrogen-bond acceptors (Lipinski definition) is 5. The van der Waals surface area contributed by atoms with Gasteiger partial charge in [0.2, 0.25) is 5.95 Å². The fraction of sp³-hybridized carbons (Fsp3) is 0.154. The Morgan fingerprint density at radius 1 is 1.48 bits per heavy atom. The third-order valence-corrected chi connectivity index (χ3v) is 2.79. The molecule has 0 saturated heterocycles. The molecule has 1 unspecified atom stereocenters. The molecule has 0 fully saturated rings. The fourth-order valence-electron chi connectivity index (χ4n) is 1.60. The molecule has 0 spiro atoms. The van der Waals surface area contributed by atoms with Crippen LogP contribution < -0.4 is 15.8 Å². The number of aliphatic imine (C=N–C) groups is 1. The Kier molecular flexibility index (Phi) is 4.91. The number of benzene rings is 1. The molecule has 21 heavy (non-hydrogen) atoms. The molecule has 0 aliphatic rings. The summed E-state index contributed by atoms with van der Waals surface area (Å²) in [5.74, 6) is 0.668. The van der Waals surface area contributed by atoms with Crippen molar-refractivity contribution >= 4 is 23.9 Å². The summed E-state index contributed by atoms with van der Waals surface area (Å²) in [5, 5.41) is 9.05. The highest BCUT2D eigenvalue weighted by Crippen LogP contribution is 2.22. The lowest BCUT2D eigenvalue weighted by Crippen LogP contribution is -2.13. The van der Waals surface area contributed by atoms with Crippen molar-refractivity contribution in [3.63, 3.8) is 0 Å². The largest absolute Gasteiger partial charge is 0.484 e. The number of halogens is 1. The lowest BCUT2D eigenvalue weighted by atomic mass is 10.2. The SMILES string of the molecule is CC(Oc1ccc(Cl)cc1)c1cc(=O)[nH]c(N=CNO)n1. The molecular formula is C13H13ClN4O3. The minimum absolute atomic E-state index is 0.0607. The van der Waals surface area contributed by atoms with Gasteiger partial charge in [-0.1, -0.05) is 11.6 Å². The van der Waals surface area contributed by atoms with E-state index < -0.39 is 6.10 Å². The van der Waals surface area contributed by atoms with Crippen LogP contribution >= 0.6 is 11.6 Å². The van der Waals surface area contributed by atoms with Crippen molar-refractivity contribution in [1.29, 1.82) is 0 Å². The standard InChI is InChI=1S/C13H13ClN4O3/c1-8(21-10-4-2-9(14)3-5-10)11-6-12(19)18-13(17-11)15-7-16-20/h2-8,20H,1H3,(H2,15,16,17,18,19). The first-order chi connectivity index (χ1) is 10.1. The minimum atomic E-state index is -0.454. The Morgan fingerprint density at radius 3 is 2.86 bits per heavy atom. The van der Waals surface area contributed by atoms with Gasteiger partial charge in [-0.05, 0) is 31.2 Å². The molecule has 0 bridgehead atoms. The van der Waals surface area contributed by atoms with E-state index in [0.717, 1.165) is 6.34 Å². The second kappa shape index (κ2) is 6.87. The maximum atomic E-state index is 11.6. The second-order valence-electron chi connectivity index (χ2n) is 4.10. The van der Waals surface area contributed by atoms with Crippen LogP contribution in [0, 0.1) is 0 Å². The molecule has 0 radical (unpaired) electrons. The normalized spacial score (nSPS) is 12.3. The Bertz CT molecular complexity index is 685. The average Bonchev–Trinajstić information content (AvgIpc) is 2.47. The number of rotatable bonds is 5. The molecule has 0 amide bonds. The molecular weight excluding hydrogens is 296 g/mol. The van der Waals surface area contributed by atoms with Crippen LogP contribution in [0.4, 0.5) is 5.95 Å². The van der Waals surface area contributed by atoms with Crippen LogP contribution in [-0.2, 0) is 0 Å². The van der Waals surface area contributed by atoms with Crippen LogP contribution in [0.1, 0.15) is 18.7 Å². The maximum Gasteiger partial charge on any atom is 0.252 e. The van der Waals surface area contributed by atoms with Gasteiger partial charge in [0.1, 0.15) is 18.2 Å². The average molecular weight is 309 g/mol. The summed E-state index contributed by atoms with van der Waals surface area (Å²) in [4.78, 5) is 21.8. The van der Waals surface area contributed by atoms with Crippen molar-refractivity contribution in [1.82, 2.24) is 15.4 Å². The van der Waals surface area contributed by atoms with Crippen LogP contribution in [0.25, 0.3) is 0 Å². The Balaban J connectivity index is 2.20. The first-order valence-corrected chi connectivity index (χ1v) is 6.42. The van der Waals surface area contributed by atoms with Crippen LogP contribution in [0.2, 0.25) is 5.02 Å². The van der Waals surface area contributed by atoms with Gasteiger partial charge in [-0.15, -0.1) is 0 Å². The van der Waals surface area contributed by atoms with E-state index in [4.69, 9.17) is 21.5 Å². The van der Waals surface area contributed by atoms with E-state index in [0.29, 0.717) is 16.5 Å². The quantitative estimate of drug-likeness (QED) is 0.447. The molecule has 110 valence electrons. The van der Waals surface area contributed by atoms with Gasteiger partial charge in [-0.3, -0.25) is 20.5 Å². The molecule has 0 aliphatic heterocycles. The summed E-state index contributed by atoms with van der Waals surface area (Å²) in [5.41, 5.74) is 1.78. The third kappa shape index (κ3) is 4.30. The topological polar surface area (TPSA) is 99.6 Å². The number of hydroxylamine groups is 1. The van der Waals surface area contributed by atoms with Crippen LogP contribution in [0.3, 0.4) is 0 Å². The van der Waals surface area contributed by atoms with Crippen LogP contribution in [0.15, 0.2) is 40.1 Å². The van der Waals surface area contributed by atoms with Crippen molar-refractivity contribution in [3.8, 4) is 5.75 Å². The van der Waals surface area contributed by atoms with Gasteiger partial charge in [-0.25, -0.2) is 9.98 Å². The van der Waals surface area contributed by atoms with Crippen molar-refractivity contribution in [2.45, 2.75) is 13.0 Å². The number of nitrogens with zero attached hydrogens (tertiary/aromatic N) is 2. The van der Waals surface area contributed by atoms with Gasteiger partial charge in [-0.2, -0.15) is 0 Å². The van der Waals surface area contributed by atoms with E-state index in [-0.39, 0.29) is 11.5 Å². The summed E-state index contributed by atoms with van der Waals surface area (Å²) < 4.78 is 5.68. The zero-order valence-corrected chi connectivity index (χ0v) is 11.8. The summed E-state index contributed by atoms with van der Waals surface area (Å²) in [7, 11) is 0. The van der Waals surface area contributed by atoms with E-state index in [9.17, 15) is 4.79 Å². The summed E-state index contributed by atoms with van der Waals surface area (Å²) in [6.45, 7) is 1.76. The van der Waals surface area contributed by atoms with Crippen LogP contribution in [-0.4, -0.2) is 21.5 Å². The molecule has 3 N–H and O–H groups in total. The zero-order chi connectivity index (χ0) is 15.2. The molecule has 1 aromatic heterocycles. The van der Waals surface area contributed by atoms with E-state index in [1.807, 2.05) is 0 Å². The molecule has 7 nitrogen and oxygen atoms in total. The summed E-state index contributed by atoms with van der Waals surface area (Å²) >= 11 is 5.80. The molecule has 2 rings (SSSR count). The molecule has 2 aromatic rings. The predicted octanol–water partition coefficient (Wildman–Crippen LogP) is 2.20. The number of H-pyrrole nitrogens is 1. The number of ether oxygens (including phenoxy) is 1. The Hall–Kier alpha value is -2.38. The zero-order valence-electron chi connectivity index (χ0n) is 11.1. The highest BCUT2D eigenvalue weighted by atomic mass is 35.5. The predicted molar refractivity (Wildman–Crippen MR) is 78.4 cm³/mol. The van der Waals surface area contributed by atoms with Gasteiger partial charge >= 0.3 is 0 Å². The molecule has 8 heteroatoms. The third-order valence-electron chi connectivity index (χ3n) is 2.54. The summed E-state index contributed by atoms with van der Waals surface area (Å²) in [6, 6.07) is 8.18. The molecule has 0 aliphatic carbocycles. The number of nitrogens with one attached hydrogen (secondary N) is 2. The van der Waals surface area contributed by atoms with Gasteiger partial charge in [0.15, 0.2) is 0 Å². The lowest BCUT2D eigenvalue weighted by Gasteiger charge is -2.14. The Labute approximate surface area is 125 Å².